The predicted molar refractivity (Wildman–Crippen MR) is 69.7 cm³/mol. The van der Waals surface area contributed by atoms with Crippen LogP contribution in [0.2, 0.25) is 0 Å². The number of nitrogens with one attached hydrogen (secondary N) is 1. The van der Waals surface area contributed by atoms with Crippen molar-refractivity contribution in [1.82, 2.24) is 24.4 Å². The van der Waals surface area contributed by atoms with Gasteiger partial charge in [-0.2, -0.15) is 9.97 Å². The summed E-state index contributed by atoms with van der Waals surface area (Å²) in [6.45, 7) is -0.448. The number of aliphatic hydroxyl groups is 3. The molecule has 2 aromatic rings. The first-order valence-corrected chi connectivity index (χ1v) is 6.26. The van der Waals surface area contributed by atoms with E-state index in [9.17, 15) is 10.2 Å². The van der Waals surface area contributed by atoms with E-state index in [1.54, 1.807) is 0 Å². The van der Waals surface area contributed by atoms with Crippen molar-refractivity contribution in [1.29, 1.82) is 5.53 Å². The molecule has 1 saturated heterocycles. The molecule has 1 aliphatic heterocycles. The summed E-state index contributed by atoms with van der Waals surface area (Å²) in [7, 11) is 0. The van der Waals surface area contributed by atoms with E-state index >= 15 is 0 Å². The molecule has 3 rings (SSSR count). The van der Waals surface area contributed by atoms with Gasteiger partial charge in [0.15, 0.2) is 22.8 Å². The van der Waals surface area contributed by atoms with Crippen molar-refractivity contribution >= 4 is 22.9 Å². The van der Waals surface area contributed by atoms with E-state index in [4.69, 9.17) is 21.1 Å². The zero-order chi connectivity index (χ0) is 15.9. The topological polar surface area (TPSA) is 190 Å². The van der Waals surface area contributed by atoms with Crippen LogP contribution in [-0.2, 0) is 4.74 Å². The van der Waals surface area contributed by atoms with Gasteiger partial charge in [0, 0.05) is 0 Å². The maximum absolute atomic E-state index is 10.1. The largest absolute Gasteiger partial charge is 0.394 e. The first-order valence-electron chi connectivity index (χ1n) is 6.26. The van der Waals surface area contributed by atoms with Crippen molar-refractivity contribution in [3.05, 3.63) is 6.33 Å². The fourth-order valence-electron chi connectivity index (χ4n) is 2.31. The summed E-state index contributed by atoms with van der Waals surface area (Å²) in [5, 5.41) is 32.4. The van der Waals surface area contributed by atoms with E-state index in [2.05, 4.69) is 25.0 Å². The number of nitrogen functional groups attached to an aromatic ring is 1. The lowest BCUT2D eigenvalue weighted by Gasteiger charge is -2.16. The first-order chi connectivity index (χ1) is 10.6. The lowest BCUT2D eigenvalue weighted by molar-refractivity contribution is -0.0511. The number of fused-ring (bicyclic) bond motifs is 1. The maximum Gasteiger partial charge on any atom is 0.340 e. The number of imidazole rings is 1. The molecule has 2 aromatic heterocycles. The molecule has 12 nitrogen and oxygen atoms in total. The molecule has 22 heavy (non-hydrogen) atoms. The predicted octanol–water partition coefficient (Wildman–Crippen LogP) is -1.80. The number of rotatable bonds is 3. The van der Waals surface area contributed by atoms with Crippen LogP contribution in [0.1, 0.15) is 6.23 Å². The van der Waals surface area contributed by atoms with Crippen molar-refractivity contribution in [2.45, 2.75) is 24.5 Å². The van der Waals surface area contributed by atoms with Crippen LogP contribution in [0.15, 0.2) is 11.4 Å². The highest BCUT2D eigenvalue weighted by atomic mass is 16.6. The smallest absolute Gasteiger partial charge is 0.340 e. The zero-order valence-corrected chi connectivity index (χ0v) is 11.1. The van der Waals surface area contributed by atoms with Crippen LogP contribution in [0.4, 0.5) is 11.8 Å². The molecule has 0 radical (unpaired) electrons. The molecule has 0 aliphatic carbocycles. The minimum atomic E-state index is -1.29. The fourth-order valence-corrected chi connectivity index (χ4v) is 2.31. The number of anilines is 1. The van der Waals surface area contributed by atoms with Gasteiger partial charge in [-0.15, -0.1) is 0 Å². The molecule has 0 spiro atoms. The molecule has 12 heteroatoms. The second-order valence-corrected chi connectivity index (χ2v) is 4.66. The first kappa shape index (κ1) is 14.4. The van der Waals surface area contributed by atoms with Gasteiger partial charge in [-0.25, -0.2) is 4.98 Å². The summed E-state index contributed by atoms with van der Waals surface area (Å²) >= 11 is 0. The Kier molecular flexibility index (Phi) is 3.52. The van der Waals surface area contributed by atoms with Crippen LogP contribution >= 0.6 is 0 Å². The van der Waals surface area contributed by atoms with Crippen molar-refractivity contribution in [3.63, 3.8) is 0 Å². The van der Waals surface area contributed by atoms with Gasteiger partial charge in [-0.05, 0) is 0 Å². The van der Waals surface area contributed by atoms with Gasteiger partial charge in [0.05, 0.1) is 12.9 Å². The Hall–Kier alpha value is -2.50. The number of aliphatic hydroxyl groups excluding tert-OH is 3. The van der Waals surface area contributed by atoms with Crippen LogP contribution in [-0.4, -0.2) is 59.8 Å². The minimum absolute atomic E-state index is 0.0258. The molecular formula is C10H13N8O4+. The Morgan fingerprint density at radius 2 is 2.18 bits per heavy atom. The number of hydrogen-bond acceptors (Lipinski definition) is 10. The van der Waals surface area contributed by atoms with Gasteiger partial charge >= 0.3 is 5.95 Å². The zero-order valence-electron chi connectivity index (χ0n) is 11.1. The molecule has 1 fully saturated rings. The lowest BCUT2D eigenvalue weighted by atomic mass is 10.1. The second-order valence-electron chi connectivity index (χ2n) is 4.66. The van der Waals surface area contributed by atoms with Crippen LogP contribution in [0.25, 0.3) is 11.2 Å². The molecular weight excluding hydrogens is 296 g/mol. The lowest BCUT2D eigenvalue weighted by Crippen LogP contribution is -2.33. The Labute approximate surface area is 122 Å². The number of hydrogen-bond donors (Lipinski definition) is 5. The molecule has 3 heterocycles. The summed E-state index contributed by atoms with van der Waals surface area (Å²) in [6, 6.07) is 0. The third-order valence-electron chi connectivity index (χ3n) is 3.37. The molecule has 0 amide bonds. The monoisotopic (exact) mass is 309 g/mol. The van der Waals surface area contributed by atoms with Gasteiger partial charge < -0.3 is 25.8 Å². The Bertz CT molecular complexity index is 757. The summed E-state index contributed by atoms with van der Waals surface area (Å²) < 4.78 is 6.76. The van der Waals surface area contributed by atoms with Gasteiger partial charge in [0.25, 0.3) is 0 Å². The quantitative estimate of drug-likeness (QED) is 0.324. The molecule has 4 atom stereocenters. The Morgan fingerprint density at radius 3 is 2.82 bits per heavy atom. The standard InChI is InChI=1S/C10H13N8O4/c11-7-4-8(15-10(14-7)16-17-12)18(2-13-4)9-6(21)5(20)3(1-19)22-9/h2-3,5-6,9,19-21H,1H2,(H3,11,12,14,15,16)/q+1. The van der Waals surface area contributed by atoms with Crippen molar-refractivity contribution in [2.24, 2.45) is 5.11 Å². The van der Waals surface area contributed by atoms with Gasteiger partial charge in [0.2, 0.25) is 4.91 Å². The van der Waals surface area contributed by atoms with E-state index < -0.39 is 31.1 Å². The van der Waals surface area contributed by atoms with Crippen LogP contribution in [0.5, 0.6) is 0 Å². The summed E-state index contributed by atoms with van der Waals surface area (Å²) in [5.74, 6) is -0.119. The number of nitrogens with zero attached hydrogens (tertiary/aromatic N) is 6. The minimum Gasteiger partial charge on any atom is -0.394 e. The molecule has 0 saturated carbocycles. The molecule has 0 bridgehead atoms. The highest BCUT2D eigenvalue weighted by molar-refractivity contribution is 5.82. The van der Waals surface area contributed by atoms with Gasteiger partial charge in [-0.3, -0.25) is 4.57 Å². The SMILES string of the molecule is N=[N+]=Nc1nc(N)c2ncn(C3OC(CO)C(O)C3O)c2n1. The van der Waals surface area contributed by atoms with Crippen molar-refractivity contribution in [3.8, 4) is 0 Å². The number of ether oxygens (including phenoxy) is 1. The third kappa shape index (κ3) is 2.11. The molecule has 1 aliphatic rings. The highest BCUT2D eigenvalue weighted by Crippen LogP contribution is 2.32. The molecule has 0 aromatic carbocycles. The van der Waals surface area contributed by atoms with Crippen LogP contribution in [0.3, 0.4) is 0 Å². The van der Waals surface area contributed by atoms with Crippen molar-refractivity contribution < 1.29 is 20.1 Å². The van der Waals surface area contributed by atoms with Crippen LogP contribution < -0.4 is 10.6 Å². The normalized spacial score (nSPS) is 28.0. The maximum atomic E-state index is 10.1. The fraction of sp³-hybridized carbons (Fsp3) is 0.500. The van der Waals surface area contributed by atoms with E-state index in [0.717, 1.165) is 0 Å². The molecule has 4 unspecified atom stereocenters. The summed E-state index contributed by atoms with van der Waals surface area (Å²) in [6.07, 6.45) is -3.15. The van der Waals surface area contributed by atoms with E-state index in [1.807, 2.05) is 0 Å². The van der Waals surface area contributed by atoms with Gasteiger partial charge in [-0.1, -0.05) is 0 Å². The van der Waals surface area contributed by atoms with E-state index in [0.29, 0.717) is 0 Å². The molecule has 116 valence electrons. The average Bonchev–Trinajstić information content (AvgIpc) is 3.03. The van der Waals surface area contributed by atoms with E-state index in [-0.39, 0.29) is 22.9 Å². The number of aromatic nitrogens is 4. The Morgan fingerprint density at radius 1 is 1.41 bits per heavy atom. The van der Waals surface area contributed by atoms with Crippen LogP contribution in [0, 0.1) is 5.53 Å². The van der Waals surface area contributed by atoms with E-state index in [1.165, 1.54) is 10.9 Å². The van der Waals surface area contributed by atoms with Gasteiger partial charge in [0.1, 0.15) is 29.4 Å². The Balaban J connectivity index is 2.10. The summed E-state index contributed by atoms with van der Waals surface area (Å²) in [4.78, 5) is 14.7. The second kappa shape index (κ2) is 5.36. The van der Waals surface area contributed by atoms with Crippen molar-refractivity contribution in [2.75, 3.05) is 12.3 Å². The third-order valence-corrected chi connectivity index (χ3v) is 3.37. The average molecular weight is 309 g/mol. The molecule has 6 N–H and O–H groups in total. The number of nitrogens with two attached hydrogens (primary N) is 1. The highest BCUT2D eigenvalue weighted by Gasteiger charge is 2.44. The summed E-state index contributed by atoms with van der Waals surface area (Å²) in [5.41, 5.74) is 12.9.